The number of esters is 1. The molecule has 2 fully saturated rings. The first-order valence-electron chi connectivity index (χ1n) is 11.4. The van der Waals surface area contributed by atoms with Gasteiger partial charge in [0.1, 0.15) is 0 Å². The van der Waals surface area contributed by atoms with Gasteiger partial charge in [-0.3, -0.25) is 4.79 Å². The van der Waals surface area contributed by atoms with Crippen molar-refractivity contribution in [3.05, 3.63) is 23.3 Å². The van der Waals surface area contributed by atoms with Crippen molar-refractivity contribution in [2.24, 2.45) is 34.5 Å². The largest absolute Gasteiger partial charge is 0.469 e. The summed E-state index contributed by atoms with van der Waals surface area (Å²) in [5.41, 5.74) is 4.27. The first kappa shape index (κ1) is 19.3. The monoisotopic (exact) mass is 370 g/mol. The highest BCUT2D eigenvalue weighted by Crippen LogP contribution is 2.65. The number of fused-ring (bicyclic) bond motifs is 5. The second-order valence-electron chi connectivity index (χ2n) is 10.3. The van der Waals surface area contributed by atoms with Crippen LogP contribution in [0.2, 0.25) is 0 Å². The van der Waals surface area contributed by atoms with Crippen LogP contribution in [0.4, 0.5) is 0 Å². The van der Waals surface area contributed by atoms with Crippen LogP contribution < -0.4 is 0 Å². The highest BCUT2D eigenvalue weighted by molar-refractivity contribution is 5.69. The van der Waals surface area contributed by atoms with Gasteiger partial charge in [-0.2, -0.15) is 0 Å². The number of allylic oxidation sites excluding steroid dienone is 4. The Morgan fingerprint density at radius 2 is 2.00 bits per heavy atom. The van der Waals surface area contributed by atoms with E-state index in [0.29, 0.717) is 23.2 Å². The Morgan fingerprint density at radius 3 is 2.78 bits per heavy atom. The lowest BCUT2D eigenvalue weighted by Gasteiger charge is -2.56. The Kier molecular flexibility index (Phi) is 5.06. The lowest BCUT2D eigenvalue weighted by molar-refractivity contribution is -0.140. The highest BCUT2D eigenvalue weighted by Gasteiger charge is 2.54. The topological polar surface area (TPSA) is 26.3 Å². The highest BCUT2D eigenvalue weighted by atomic mass is 16.5. The Morgan fingerprint density at radius 1 is 1.19 bits per heavy atom. The van der Waals surface area contributed by atoms with Crippen LogP contribution >= 0.6 is 0 Å². The maximum Gasteiger partial charge on any atom is 0.305 e. The predicted molar refractivity (Wildman–Crippen MR) is 110 cm³/mol. The minimum Gasteiger partial charge on any atom is -0.469 e. The van der Waals surface area contributed by atoms with E-state index >= 15 is 0 Å². The Balaban J connectivity index is 1.55. The van der Waals surface area contributed by atoms with Gasteiger partial charge in [0, 0.05) is 6.42 Å². The zero-order valence-electron chi connectivity index (χ0n) is 17.9. The van der Waals surface area contributed by atoms with E-state index in [9.17, 15) is 4.79 Å². The van der Waals surface area contributed by atoms with Crippen LogP contribution in [-0.4, -0.2) is 13.1 Å². The zero-order valence-corrected chi connectivity index (χ0v) is 17.9. The van der Waals surface area contributed by atoms with Crippen molar-refractivity contribution in [3.8, 4) is 0 Å². The summed E-state index contributed by atoms with van der Waals surface area (Å²) in [5.74, 6) is 2.93. The quantitative estimate of drug-likeness (QED) is 0.419. The van der Waals surface area contributed by atoms with Crippen molar-refractivity contribution >= 4 is 5.97 Å². The van der Waals surface area contributed by atoms with Gasteiger partial charge in [-0.05, 0) is 79.4 Å². The summed E-state index contributed by atoms with van der Waals surface area (Å²) in [6.45, 7) is 7.44. The molecule has 0 radical (unpaired) electrons. The third kappa shape index (κ3) is 3.02. The van der Waals surface area contributed by atoms with Gasteiger partial charge >= 0.3 is 5.97 Å². The van der Waals surface area contributed by atoms with E-state index < -0.39 is 0 Å². The molecule has 4 aliphatic carbocycles. The number of hydrogen-bond donors (Lipinski definition) is 0. The zero-order chi connectivity index (χ0) is 19.2. The van der Waals surface area contributed by atoms with E-state index in [1.807, 2.05) is 5.57 Å². The summed E-state index contributed by atoms with van der Waals surface area (Å²) in [6.07, 6.45) is 17.7. The molecule has 150 valence electrons. The molecule has 2 heteroatoms. The fourth-order valence-electron chi connectivity index (χ4n) is 7.53. The van der Waals surface area contributed by atoms with Gasteiger partial charge in [-0.1, -0.05) is 56.9 Å². The van der Waals surface area contributed by atoms with Crippen LogP contribution in [0.3, 0.4) is 0 Å². The molecule has 3 unspecified atom stereocenters. The van der Waals surface area contributed by atoms with Crippen molar-refractivity contribution in [2.45, 2.75) is 85.0 Å². The van der Waals surface area contributed by atoms with Crippen LogP contribution in [0.1, 0.15) is 85.0 Å². The van der Waals surface area contributed by atoms with Gasteiger partial charge in [0.2, 0.25) is 0 Å². The molecule has 27 heavy (non-hydrogen) atoms. The Hall–Kier alpha value is -1.05. The lowest BCUT2D eigenvalue weighted by Crippen LogP contribution is -2.46. The van der Waals surface area contributed by atoms with Gasteiger partial charge < -0.3 is 4.74 Å². The molecule has 0 aromatic heterocycles. The van der Waals surface area contributed by atoms with Crippen molar-refractivity contribution in [2.75, 3.05) is 7.11 Å². The first-order chi connectivity index (χ1) is 12.9. The number of ether oxygens (including phenoxy) is 1. The van der Waals surface area contributed by atoms with Crippen LogP contribution in [0.15, 0.2) is 23.3 Å². The maximum atomic E-state index is 11.6. The Labute approximate surface area is 165 Å². The van der Waals surface area contributed by atoms with Gasteiger partial charge in [0.15, 0.2) is 0 Å². The molecule has 0 spiro atoms. The number of carbonyl (C=O) groups is 1. The molecular weight excluding hydrogens is 332 g/mol. The molecule has 2 nitrogen and oxygen atoms in total. The van der Waals surface area contributed by atoms with E-state index in [1.165, 1.54) is 58.5 Å². The van der Waals surface area contributed by atoms with Crippen LogP contribution in [0.5, 0.6) is 0 Å². The molecule has 0 amide bonds. The van der Waals surface area contributed by atoms with Gasteiger partial charge in [0.25, 0.3) is 0 Å². The summed E-state index contributed by atoms with van der Waals surface area (Å²) in [7, 11) is 1.49. The number of carbonyl (C=O) groups excluding carboxylic acids is 1. The minimum atomic E-state index is -0.0727. The molecule has 0 aromatic carbocycles. The molecule has 0 N–H and O–H groups in total. The second-order valence-corrected chi connectivity index (χ2v) is 10.3. The molecule has 4 aliphatic rings. The average molecular weight is 371 g/mol. The van der Waals surface area contributed by atoms with E-state index in [0.717, 1.165) is 24.2 Å². The second kappa shape index (κ2) is 7.08. The molecule has 2 saturated carbocycles. The first-order valence-corrected chi connectivity index (χ1v) is 11.4. The summed E-state index contributed by atoms with van der Waals surface area (Å²) < 4.78 is 4.86. The van der Waals surface area contributed by atoms with E-state index in [-0.39, 0.29) is 5.97 Å². The molecule has 0 aromatic rings. The van der Waals surface area contributed by atoms with E-state index in [4.69, 9.17) is 4.74 Å². The third-order valence-corrected chi connectivity index (χ3v) is 9.13. The van der Waals surface area contributed by atoms with Gasteiger partial charge in [0.05, 0.1) is 7.11 Å². The molecule has 0 aliphatic heterocycles. The average Bonchev–Trinajstić information content (AvgIpc) is 3.02. The summed E-state index contributed by atoms with van der Waals surface area (Å²) in [4.78, 5) is 11.6. The smallest absolute Gasteiger partial charge is 0.305 e. The third-order valence-electron chi connectivity index (χ3n) is 9.13. The molecule has 0 bridgehead atoms. The van der Waals surface area contributed by atoms with E-state index in [2.05, 4.69) is 32.9 Å². The summed E-state index contributed by atoms with van der Waals surface area (Å²) >= 11 is 0. The van der Waals surface area contributed by atoms with E-state index in [1.54, 1.807) is 5.57 Å². The predicted octanol–water partition coefficient (Wildman–Crippen LogP) is 6.46. The molecule has 0 saturated heterocycles. The van der Waals surface area contributed by atoms with Crippen molar-refractivity contribution in [1.82, 2.24) is 0 Å². The van der Waals surface area contributed by atoms with Crippen LogP contribution in [0, 0.1) is 34.5 Å². The van der Waals surface area contributed by atoms with Crippen molar-refractivity contribution < 1.29 is 9.53 Å². The number of methoxy groups -OCH3 is 1. The van der Waals surface area contributed by atoms with Crippen LogP contribution in [0.25, 0.3) is 0 Å². The number of hydrogen-bond acceptors (Lipinski definition) is 2. The molecule has 0 heterocycles. The number of rotatable bonds is 4. The minimum absolute atomic E-state index is 0.0727. The van der Waals surface area contributed by atoms with Gasteiger partial charge in [-0.25, -0.2) is 0 Å². The fraction of sp³-hybridized carbons (Fsp3) is 0.800. The summed E-state index contributed by atoms with van der Waals surface area (Å²) in [6, 6.07) is 0. The maximum absolute atomic E-state index is 11.6. The lowest BCUT2D eigenvalue weighted by atomic mass is 9.48. The normalized spacial score (nSPS) is 41.6. The van der Waals surface area contributed by atoms with Crippen molar-refractivity contribution in [1.29, 1.82) is 0 Å². The van der Waals surface area contributed by atoms with Crippen molar-refractivity contribution in [3.63, 3.8) is 0 Å². The molecule has 4 rings (SSSR count). The SMILES string of the molecule is COC(=O)CC[C@@H](C)C1=CCC2C3CCC4CCCC[C@]4(C)C3=CC[C@]12C. The molecular formula is C25H38O2. The van der Waals surface area contributed by atoms with Crippen LogP contribution in [-0.2, 0) is 9.53 Å². The molecule has 6 atom stereocenters. The summed E-state index contributed by atoms with van der Waals surface area (Å²) in [5, 5.41) is 0. The fourth-order valence-corrected chi connectivity index (χ4v) is 7.53. The Bertz CT molecular complexity index is 659. The van der Waals surface area contributed by atoms with Gasteiger partial charge in [-0.15, -0.1) is 0 Å². The standard InChI is InChI=1S/C25H38O2/c1-17(8-13-23(26)27-4)20-11-12-21-19-10-9-18-7-5-6-15-24(18,2)22(19)14-16-25(20,21)3/h11,14,17-19,21H,5-10,12-13,15-16H2,1-4H3/t17-,18?,19?,21?,24+,25-/m1/s1.